The Labute approximate surface area is 110 Å². The highest BCUT2D eigenvalue weighted by molar-refractivity contribution is 9.10. The summed E-state index contributed by atoms with van der Waals surface area (Å²) >= 11 is 3.43. The highest BCUT2D eigenvalue weighted by atomic mass is 79.9. The van der Waals surface area contributed by atoms with Gasteiger partial charge in [-0.2, -0.15) is 0 Å². The number of rotatable bonds is 5. The number of carbonyl (C=O) groups is 1. The molecule has 3 nitrogen and oxygen atoms in total. The number of amides is 1. The number of carbonyl (C=O) groups excluding carboxylic acids is 1. The van der Waals surface area contributed by atoms with Crippen molar-refractivity contribution in [1.29, 1.82) is 0 Å². The van der Waals surface area contributed by atoms with Crippen LogP contribution in [0.15, 0.2) is 28.7 Å². The molecule has 1 aromatic rings. The van der Waals surface area contributed by atoms with E-state index in [0.717, 1.165) is 23.9 Å². The molecular weight excluding hydrogens is 280 g/mol. The summed E-state index contributed by atoms with van der Waals surface area (Å²) in [6.45, 7) is 1.14. The van der Waals surface area contributed by atoms with Crippen molar-refractivity contribution in [3.05, 3.63) is 34.3 Å². The zero-order chi connectivity index (χ0) is 12.3. The van der Waals surface area contributed by atoms with Gasteiger partial charge in [-0.05, 0) is 30.5 Å². The molecule has 1 saturated carbocycles. The quantitative estimate of drug-likeness (QED) is 0.903. The Hall–Kier alpha value is -0.870. The van der Waals surface area contributed by atoms with Gasteiger partial charge in [0.15, 0.2) is 0 Å². The maximum atomic E-state index is 11.7. The van der Waals surface area contributed by atoms with Gasteiger partial charge in [0.2, 0.25) is 5.91 Å². The minimum atomic E-state index is 0.183. The van der Waals surface area contributed by atoms with Crippen LogP contribution in [0, 0.1) is 0 Å². The molecule has 2 rings (SSSR count). The molecule has 0 heterocycles. The number of nitrogens with one attached hydrogen (secondary N) is 1. The van der Waals surface area contributed by atoms with Crippen LogP contribution in [0.1, 0.15) is 18.4 Å². The number of hydrogen-bond acceptors (Lipinski definition) is 2. The summed E-state index contributed by atoms with van der Waals surface area (Å²) in [5, 5.41) is 3.18. The van der Waals surface area contributed by atoms with Crippen LogP contribution in [-0.4, -0.2) is 30.4 Å². The van der Waals surface area contributed by atoms with E-state index >= 15 is 0 Å². The molecule has 1 aliphatic rings. The van der Waals surface area contributed by atoms with Crippen molar-refractivity contribution in [2.75, 3.05) is 13.6 Å². The Kier molecular flexibility index (Phi) is 4.18. The molecule has 0 radical (unpaired) electrons. The molecule has 0 saturated heterocycles. The summed E-state index contributed by atoms with van der Waals surface area (Å²) < 4.78 is 1.07. The van der Waals surface area contributed by atoms with Crippen LogP contribution < -0.4 is 5.32 Å². The second-order valence-corrected chi connectivity index (χ2v) is 5.38. The van der Waals surface area contributed by atoms with Crippen molar-refractivity contribution in [2.24, 2.45) is 0 Å². The average molecular weight is 297 g/mol. The van der Waals surface area contributed by atoms with E-state index in [2.05, 4.69) is 27.3 Å². The highest BCUT2D eigenvalue weighted by Crippen LogP contribution is 2.25. The van der Waals surface area contributed by atoms with Crippen LogP contribution in [0.2, 0.25) is 0 Å². The van der Waals surface area contributed by atoms with Gasteiger partial charge in [-0.15, -0.1) is 0 Å². The van der Waals surface area contributed by atoms with E-state index < -0.39 is 0 Å². The fourth-order valence-electron chi connectivity index (χ4n) is 1.75. The molecule has 0 atom stereocenters. The van der Waals surface area contributed by atoms with Crippen molar-refractivity contribution >= 4 is 21.8 Å². The van der Waals surface area contributed by atoms with Crippen LogP contribution in [0.5, 0.6) is 0 Å². The SMILES string of the molecule is CN(C(=O)CNCc1cccc(Br)c1)C1CC1. The standard InChI is InChI=1S/C13H17BrN2O/c1-16(12-5-6-12)13(17)9-15-8-10-3-2-4-11(14)7-10/h2-4,7,12,15H,5-6,8-9H2,1H3. The molecule has 1 aromatic carbocycles. The van der Waals surface area contributed by atoms with E-state index in [1.54, 1.807) is 0 Å². The minimum absolute atomic E-state index is 0.183. The van der Waals surface area contributed by atoms with Crippen molar-refractivity contribution in [2.45, 2.75) is 25.4 Å². The lowest BCUT2D eigenvalue weighted by Gasteiger charge is -2.16. The Balaban J connectivity index is 1.73. The molecule has 0 unspecified atom stereocenters. The van der Waals surface area contributed by atoms with Crippen LogP contribution in [0.25, 0.3) is 0 Å². The highest BCUT2D eigenvalue weighted by Gasteiger charge is 2.28. The van der Waals surface area contributed by atoms with E-state index in [0.29, 0.717) is 12.6 Å². The van der Waals surface area contributed by atoms with E-state index in [-0.39, 0.29) is 5.91 Å². The monoisotopic (exact) mass is 296 g/mol. The molecule has 0 aromatic heterocycles. The largest absolute Gasteiger partial charge is 0.342 e. The molecule has 92 valence electrons. The normalized spacial score (nSPS) is 14.7. The lowest BCUT2D eigenvalue weighted by Crippen LogP contribution is -2.36. The maximum absolute atomic E-state index is 11.7. The van der Waals surface area contributed by atoms with Crippen molar-refractivity contribution in [3.63, 3.8) is 0 Å². The number of likely N-dealkylation sites (N-methyl/N-ethyl adjacent to an activating group) is 1. The Bertz CT molecular complexity index is 404. The van der Waals surface area contributed by atoms with Gasteiger partial charge < -0.3 is 10.2 Å². The van der Waals surface area contributed by atoms with Gasteiger partial charge >= 0.3 is 0 Å². The molecule has 0 aliphatic heterocycles. The lowest BCUT2D eigenvalue weighted by atomic mass is 10.2. The van der Waals surface area contributed by atoms with Gasteiger partial charge in [0.05, 0.1) is 6.54 Å². The van der Waals surface area contributed by atoms with Crippen LogP contribution >= 0.6 is 15.9 Å². The number of halogens is 1. The van der Waals surface area contributed by atoms with Gasteiger partial charge in [0.25, 0.3) is 0 Å². The Morgan fingerprint density at radius 3 is 2.94 bits per heavy atom. The summed E-state index contributed by atoms with van der Waals surface area (Å²) in [4.78, 5) is 13.6. The van der Waals surface area contributed by atoms with E-state index in [4.69, 9.17) is 0 Å². The van der Waals surface area contributed by atoms with Gasteiger partial charge in [0, 0.05) is 24.1 Å². The number of hydrogen-bond donors (Lipinski definition) is 1. The van der Waals surface area contributed by atoms with Crippen LogP contribution in [0.3, 0.4) is 0 Å². The third-order valence-corrected chi connectivity index (χ3v) is 3.48. The molecule has 1 aliphatic carbocycles. The molecule has 0 spiro atoms. The first-order valence-corrected chi connectivity index (χ1v) is 6.67. The summed E-state index contributed by atoms with van der Waals surface area (Å²) in [5.74, 6) is 0.183. The minimum Gasteiger partial charge on any atom is -0.342 e. The third kappa shape index (κ3) is 3.82. The maximum Gasteiger partial charge on any atom is 0.236 e. The average Bonchev–Trinajstić information content (AvgIpc) is 3.12. The van der Waals surface area contributed by atoms with Gasteiger partial charge in [0.1, 0.15) is 0 Å². The lowest BCUT2D eigenvalue weighted by molar-refractivity contribution is -0.129. The molecule has 1 N–H and O–H groups in total. The van der Waals surface area contributed by atoms with Crippen LogP contribution in [-0.2, 0) is 11.3 Å². The second kappa shape index (κ2) is 5.65. The van der Waals surface area contributed by atoms with E-state index in [1.807, 2.05) is 30.1 Å². The topological polar surface area (TPSA) is 32.3 Å². The predicted molar refractivity (Wildman–Crippen MR) is 71.6 cm³/mol. The van der Waals surface area contributed by atoms with Crippen molar-refractivity contribution < 1.29 is 4.79 Å². The van der Waals surface area contributed by atoms with Gasteiger partial charge in [-0.1, -0.05) is 28.1 Å². The molecule has 0 bridgehead atoms. The van der Waals surface area contributed by atoms with Crippen molar-refractivity contribution in [3.8, 4) is 0 Å². The summed E-state index contributed by atoms with van der Waals surface area (Å²) in [5.41, 5.74) is 1.18. The van der Waals surface area contributed by atoms with E-state index in [1.165, 1.54) is 5.56 Å². The molecular formula is C13H17BrN2O. The fourth-order valence-corrected chi connectivity index (χ4v) is 2.20. The summed E-state index contributed by atoms with van der Waals surface area (Å²) in [7, 11) is 1.89. The van der Waals surface area contributed by atoms with Crippen LogP contribution in [0.4, 0.5) is 0 Å². The van der Waals surface area contributed by atoms with E-state index in [9.17, 15) is 4.79 Å². The number of benzene rings is 1. The summed E-state index contributed by atoms with van der Waals surface area (Å²) in [6.07, 6.45) is 2.32. The molecule has 1 amide bonds. The Morgan fingerprint density at radius 1 is 1.53 bits per heavy atom. The molecule has 4 heteroatoms. The summed E-state index contributed by atoms with van der Waals surface area (Å²) in [6, 6.07) is 8.60. The van der Waals surface area contributed by atoms with Gasteiger partial charge in [-0.25, -0.2) is 0 Å². The van der Waals surface area contributed by atoms with Gasteiger partial charge in [-0.3, -0.25) is 4.79 Å². The second-order valence-electron chi connectivity index (χ2n) is 4.47. The number of nitrogens with zero attached hydrogens (tertiary/aromatic N) is 1. The predicted octanol–water partition coefficient (Wildman–Crippen LogP) is 2.16. The zero-order valence-corrected chi connectivity index (χ0v) is 11.5. The van der Waals surface area contributed by atoms with Crippen molar-refractivity contribution in [1.82, 2.24) is 10.2 Å². The molecule has 17 heavy (non-hydrogen) atoms. The molecule has 1 fully saturated rings. The first-order valence-electron chi connectivity index (χ1n) is 5.87. The third-order valence-electron chi connectivity index (χ3n) is 2.98. The zero-order valence-electron chi connectivity index (χ0n) is 9.95. The fraction of sp³-hybridized carbons (Fsp3) is 0.462. The Morgan fingerprint density at radius 2 is 2.29 bits per heavy atom. The smallest absolute Gasteiger partial charge is 0.236 e. The first kappa shape index (κ1) is 12.6. The first-order chi connectivity index (χ1) is 8.16.